The number of hydrogen-bond donors (Lipinski definition) is 0. The molecule has 0 amide bonds. The Hall–Kier alpha value is -1.70. The highest BCUT2D eigenvalue weighted by atomic mass is 127. The van der Waals surface area contributed by atoms with Crippen LogP contribution in [0.4, 0.5) is 4.39 Å². The van der Waals surface area contributed by atoms with Crippen LogP contribution in [0, 0.1) is 9.39 Å². The SMILES string of the molecule is COc1c(F)c(CN=[N+]=[N-])cc(I)c1Oc1ccc(Cl)cc1. The standard InChI is InChI=1S/C14H10ClFIN3O2/c1-21-14-12(16)8(7-19-20-18)6-11(17)13(14)22-10-4-2-9(15)3-5-10/h2-6H,7H2,1H3. The van der Waals surface area contributed by atoms with Crippen LogP contribution >= 0.6 is 34.2 Å². The van der Waals surface area contributed by atoms with Gasteiger partial charge in [0, 0.05) is 9.93 Å². The second-order valence-corrected chi connectivity index (χ2v) is 5.74. The minimum absolute atomic E-state index is 0.0370. The fourth-order valence-electron chi connectivity index (χ4n) is 1.76. The zero-order valence-corrected chi connectivity index (χ0v) is 14.3. The first-order valence-corrected chi connectivity index (χ1v) is 7.51. The van der Waals surface area contributed by atoms with E-state index in [0.717, 1.165) is 0 Å². The Morgan fingerprint density at radius 2 is 2.00 bits per heavy atom. The van der Waals surface area contributed by atoms with Gasteiger partial charge in [0.1, 0.15) is 5.75 Å². The van der Waals surface area contributed by atoms with Gasteiger partial charge in [-0.15, -0.1) is 0 Å². The molecular weight excluding hydrogens is 424 g/mol. The number of benzene rings is 2. The number of ether oxygens (including phenoxy) is 2. The van der Waals surface area contributed by atoms with Crippen molar-refractivity contribution < 1.29 is 13.9 Å². The molecule has 5 nitrogen and oxygen atoms in total. The molecule has 2 rings (SSSR count). The molecule has 114 valence electrons. The summed E-state index contributed by atoms with van der Waals surface area (Å²) in [5.74, 6) is 0.111. The number of halogens is 3. The largest absolute Gasteiger partial charge is 0.490 e. The van der Waals surface area contributed by atoms with Crippen molar-refractivity contribution in [3.05, 3.63) is 60.7 Å². The lowest BCUT2D eigenvalue weighted by Gasteiger charge is -2.15. The average molecular weight is 434 g/mol. The van der Waals surface area contributed by atoms with Gasteiger partial charge >= 0.3 is 0 Å². The van der Waals surface area contributed by atoms with E-state index in [2.05, 4.69) is 10.0 Å². The fraction of sp³-hybridized carbons (Fsp3) is 0.143. The molecule has 2 aromatic carbocycles. The molecule has 0 fully saturated rings. The highest BCUT2D eigenvalue weighted by Crippen LogP contribution is 2.40. The molecule has 22 heavy (non-hydrogen) atoms. The van der Waals surface area contributed by atoms with Crippen molar-refractivity contribution in [2.75, 3.05) is 7.11 Å². The third-order valence-electron chi connectivity index (χ3n) is 2.75. The van der Waals surface area contributed by atoms with Crippen LogP contribution < -0.4 is 9.47 Å². The first kappa shape index (κ1) is 16.7. The van der Waals surface area contributed by atoms with Crippen molar-refractivity contribution in [1.82, 2.24) is 0 Å². The molecule has 0 aliphatic carbocycles. The summed E-state index contributed by atoms with van der Waals surface area (Å²) < 4.78 is 25.8. The number of hydrogen-bond acceptors (Lipinski definition) is 3. The summed E-state index contributed by atoms with van der Waals surface area (Å²) in [7, 11) is 1.35. The Morgan fingerprint density at radius 3 is 2.59 bits per heavy atom. The highest BCUT2D eigenvalue weighted by molar-refractivity contribution is 14.1. The summed E-state index contributed by atoms with van der Waals surface area (Å²) in [4.78, 5) is 2.63. The zero-order chi connectivity index (χ0) is 16.1. The molecule has 0 saturated carbocycles. The van der Waals surface area contributed by atoms with Crippen molar-refractivity contribution in [2.24, 2.45) is 5.11 Å². The van der Waals surface area contributed by atoms with Gasteiger partial charge in [-0.3, -0.25) is 0 Å². The van der Waals surface area contributed by atoms with Crippen LogP contribution in [-0.4, -0.2) is 7.11 Å². The van der Waals surface area contributed by atoms with Crippen LogP contribution in [0.3, 0.4) is 0 Å². The molecular formula is C14H10ClFIN3O2. The summed E-state index contributed by atoms with van der Waals surface area (Å²) in [6.45, 7) is -0.101. The van der Waals surface area contributed by atoms with Crippen LogP contribution in [0.15, 0.2) is 35.4 Å². The first-order chi connectivity index (χ1) is 10.6. The maximum Gasteiger partial charge on any atom is 0.198 e. The minimum Gasteiger partial charge on any atom is -0.490 e. The Morgan fingerprint density at radius 1 is 1.32 bits per heavy atom. The van der Waals surface area contributed by atoms with Crippen LogP contribution in [0.1, 0.15) is 5.56 Å². The fourth-order valence-corrected chi connectivity index (χ4v) is 2.61. The maximum absolute atomic E-state index is 14.4. The monoisotopic (exact) mass is 433 g/mol. The van der Waals surface area contributed by atoms with Crippen molar-refractivity contribution >= 4 is 34.2 Å². The predicted octanol–water partition coefficient (Wildman–Crippen LogP) is 5.69. The van der Waals surface area contributed by atoms with E-state index in [0.29, 0.717) is 14.3 Å². The molecule has 0 aromatic heterocycles. The van der Waals surface area contributed by atoms with E-state index in [9.17, 15) is 4.39 Å². The van der Waals surface area contributed by atoms with E-state index in [1.54, 1.807) is 30.3 Å². The van der Waals surface area contributed by atoms with Crippen LogP contribution in [-0.2, 0) is 6.54 Å². The normalized spacial score (nSPS) is 10.0. The molecule has 0 aliphatic rings. The molecule has 0 bridgehead atoms. The molecule has 0 atom stereocenters. The van der Waals surface area contributed by atoms with E-state index in [1.807, 2.05) is 22.6 Å². The molecule has 0 radical (unpaired) electrons. The third kappa shape index (κ3) is 3.73. The summed E-state index contributed by atoms with van der Waals surface area (Å²) in [6.07, 6.45) is 0. The van der Waals surface area contributed by atoms with Gasteiger partial charge in [0.2, 0.25) is 0 Å². The molecule has 0 aliphatic heterocycles. The number of nitrogens with zero attached hydrogens (tertiary/aromatic N) is 3. The summed E-state index contributed by atoms with van der Waals surface area (Å²) in [5, 5.41) is 3.94. The molecule has 8 heteroatoms. The molecule has 0 saturated heterocycles. The lowest BCUT2D eigenvalue weighted by molar-refractivity contribution is 0.352. The van der Waals surface area contributed by atoms with E-state index in [1.165, 1.54) is 7.11 Å². The van der Waals surface area contributed by atoms with Gasteiger partial charge in [0.15, 0.2) is 17.3 Å². The van der Waals surface area contributed by atoms with Crippen LogP contribution in [0.5, 0.6) is 17.2 Å². The average Bonchev–Trinajstić information content (AvgIpc) is 2.51. The molecule has 0 N–H and O–H groups in total. The second-order valence-electron chi connectivity index (χ2n) is 4.14. The predicted molar refractivity (Wildman–Crippen MR) is 90.0 cm³/mol. The van der Waals surface area contributed by atoms with Gasteiger partial charge in [-0.25, -0.2) is 4.39 Å². The Bertz CT molecular complexity index is 734. The zero-order valence-electron chi connectivity index (χ0n) is 11.4. The first-order valence-electron chi connectivity index (χ1n) is 6.06. The van der Waals surface area contributed by atoms with Crippen molar-refractivity contribution in [1.29, 1.82) is 0 Å². The van der Waals surface area contributed by atoms with E-state index in [4.69, 9.17) is 26.6 Å². The van der Waals surface area contributed by atoms with E-state index < -0.39 is 5.82 Å². The lowest BCUT2D eigenvalue weighted by atomic mass is 10.2. The Labute approximate surface area is 144 Å². The van der Waals surface area contributed by atoms with Gasteiger partial charge in [0.25, 0.3) is 0 Å². The summed E-state index contributed by atoms with van der Waals surface area (Å²) >= 11 is 7.82. The molecule has 0 unspecified atom stereocenters. The molecule has 0 heterocycles. The Kier molecular flexibility index (Phi) is 5.70. The smallest absolute Gasteiger partial charge is 0.198 e. The van der Waals surface area contributed by atoms with Gasteiger partial charge in [0.05, 0.1) is 17.2 Å². The molecule has 2 aromatic rings. The number of methoxy groups -OCH3 is 1. The Balaban J connectivity index is 2.44. The highest BCUT2D eigenvalue weighted by Gasteiger charge is 2.19. The molecule has 0 spiro atoms. The number of rotatable bonds is 5. The minimum atomic E-state index is -0.612. The number of azide groups is 1. The third-order valence-corrected chi connectivity index (χ3v) is 3.80. The van der Waals surface area contributed by atoms with Gasteiger partial charge in [-0.05, 0) is 64.0 Å². The van der Waals surface area contributed by atoms with Crippen molar-refractivity contribution in [3.8, 4) is 17.2 Å². The lowest BCUT2D eigenvalue weighted by Crippen LogP contribution is -2.00. The quantitative estimate of drug-likeness (QED) is 0.263. The van der Waals surface area contributed by atoms with Crippen LogP contribution in [0.25, 0.3) is 10.4 Å². The summed E-state index contributed by atoms with van der Waals surface area (Å²) in [5.41, 5.74) is 8.59. The van der Waals surface area contributed by atoms with Crippen molar-refractivity contribution in [3.63, 3.8) is 0 Å². The second kappa shape index (κ2) is 7.53. The van der Waals surface area contributed by atoms with Crippen molar-refractivity contribution in [2.45, 2.75) is 6.54 Å². The van der Waals surface area contributed by atoms with E-state index >= 15 is 0 Å². The van der Waals surface area contributed by atoms with Gasteiger partial charge in [-0.2, -0.15) is 0 Å². The van der Waals surface area contributed by atoms with Gasteiger partial charge in [-0.1, -0.05) is 16.7 Å². The topological polar surface area (TPSA) is 67.2 Å². The maximum atomic E-state index is 14.4. The van der Waals surface area contributed by atoms with E-state index in [-0.39, 0.29) is 23.6 Å². The summed E-state index contributed by atoms with van der Waals surface area (Å²) in [6, 6.07) is 8.23. The van der Waals surface area contributed by atoms with Crippen LogP contribution in [0.2, 0.25) is 5.02 Å². The van der Waals surface area contributed by atoms with Gasteiger partial charge < -0.3 is 9.47 Å².